The second-order valence-corrected chi connectivity index (χ2v) is 8.74. The molecule has 0 aromatic rings. The van der Waals surface area contributed by atoms with Gasteiger partial charge >= 0.3 is 12.1 Å². The normalized spacial score (nSPS) is 26.6. The number of urea groups is 1. The molecule has 3 fully saturated rings. The Kier molecular flexibility index (Phi) is 5.87. The highest BCUT2D eigenvalue weighted by atomic mass is 16.6. The maximum atomic E-state index is 12.4. The van der Waals surface area contributed by atoms with Crippen molar-refractivity contribution in [2.75, 3.05) is 13.1 Å². The molecule has 11 heteroatoms. The third-order valence-corrected chi connectivity index (χ3v) is 5.40. The Morgan fingerprint density at radius 2 is 1.90 bits per heavy atom. The predicted octanol–water partition coefficient (Wildman–Crippen LogP) is 0.581. The molecule has 0 aromatic heterocycles. The molecule has 3 saturated heterocycles. The summed E-state index contributed by atoms with van der Waals surface area (Å²) in [5.74, 6) is -0.931. The number of fused-ring (bicyclic) bond motifs is 2. The first kappa shape index (κ1) is 21.2. The topological polar surface area (TPSA) is 132 Å². The van der Waals surface area contributed by atoms with Crippen LogP contribution in [0.25, 0.3) is 0 Å². The Hall–Kier alpha value is -2.56. The summed E-state index contributed by atoms with van der Waals surface area (Å²) in [5.41, 5.74) is 4.11. The van der Waals surface area contributed by atoms with E-state index in [9.17, 15) is 24.4 Å². The Morgan fingerprint density at radius 3 is 2.59 bits per heavy atom. The number of nitrogens with zero attached hydrogens (tertiary/aromatic N) is 3. The standard InChI is InChI=1S/C18H29N5O6/c1-18(2,3)29-17(27)21-8-4-5-11(21)9-14(24)19-20-15(25)13-7-6-12-10-22(13)16(26)23(12)28/h11-13,28H,4-10H2,1-3H3,(H,19,24)(H,20,25)/t11-,12+,13-/m0/s1. The highest BCUT2D eigenvalue weighted by molar-refractivity contribution is 5.90. The fourth-order valence-electron chi connectivity index (χ4n) is 4.01. The smallest absolute Gasteiger partial charge is 0.410 e. The summed E-state index contributed by atoms with van der Waals surface area (Å²) in [6.07, 6.45) is 1.97. The van der Waals surface area contributed by atoms with E-state index in [0.717, 1.165) is 6.42 Å². The van der Waals surface area contributed by atoms with Gasteiger partial charge in [0.25, 0.3) is 5.91 Å². The largest absolute Gasteiger partial charge is 0.444 e. The molecular formula is C18H29N5O6. The molecule has 2 bridgehead atoms. The lowest BCUT2D eigenvalue weighted by molar-refractivity contribution is -0.132. The molecular weight excluding hydrogens is 382 g/mol. The van der Waals surface area contributed by atoms with Crippen LogP contribution in [0.15, 0.2) is 0 Å². The molecule has 3 aliphatic heterocycles. The van der Waals surface area contributed by atoms with Gasteiger partial charge in [0.05, 0.1) is 6.04 Å². The predicted molar refractivity (Wildman–Crippen MR) is 99.4 cm³/mol. The number of rotatable bonds is 3. The maximum Gasteiger partial charge on any atom is 0.410 e. The van der Waals surface area contributed by atoms with E-state index in [4.69, 9.17) is 4.74 Å². The van der Waals surface area contributed by atoms with Gasteiger partial charge in [-0.05, 0) is 46.5 Å². The van der Waals surface area contributed by atoms with E-state index in [-0.39, 0.29) is 25.0 Å². The minimum Gasteiger partial charge on any atom is -0.444 e. The van der Waals surface area contributed by atoms with Gasteiger partial charge in [-0.2, -0.15) is 0 Å². The van der Waals surface area contributed by atoms with E-state index < -0.39 is 35.6 Å². The van der Waals surface area contributed by atoms with Crippen LogP contribution < -0.4 is 10.9 Å². The lowest BCUT2D eigenvalue weighted by Gasteiger charge is -2.29. The van der Waals surface area contributed by atoms with Crippen molar-refractivity contribution in [3.8, 4) is 0 Å². The zero-order valence-electron chi connectivity index (χ0n) is 17.0. The molecule has 3 N–H and O–H groups in total. The summed E-state index contributed by atoms with van der Waals surface area (Å²) in [7, 11) is 0. The van der Waals surface area contributed by atoms with Crippen molar-refractivity contribution in [1.29, 1.82) is 0 Å². The van der Waals surface area contributed by atoms with E-state index in [2.05, 4.69) is 10.9 Å². The molecule has 0 unspecified atom stereocenters. The molecule has 3 heterocycles. The van der Waals surface area contributed by atoms with Crippen molar-refractivity contribution in [2.24, 2.45) is 0 Å². The number of carbonyl (C=O) groups excluding carboxylic acids is 4. The third-order valence-electron chi connectivity index (χ3n) is 5.40. The first-order valence-electron chi connectivity index (χ1n) is 9.94. The van der Waals surface area contributed by atoms with Gasteiger partial charge in [-0.25, -0.2) is 14.7 Å². The molecule has 3 atom stereocenters. The molecule has 11 nitrogen and oxygen atoms in total. The van der Waals surface area contributed by atoms with Crippen molar-refractivity contribution in [1.82, 2.24) is 25.7 Å². The van der Waals surface area contributed by atoms with Crippen LogP contribution in [0.3, 0.4) is 0 Å². The number of hydrogen-bond acceptors (Lipinski definition) is 6. The molecule has 3 aliphatic rings. The van der Waals surface area contributed by atoms with E-state index in [1.54, 1.807) is 25.7 Å². The fraction of sp³-hybridized carbons (Fsp3) is 0.778. The Bertz CT molecular complexity index is 693. The molecule has 162 valence electrons. The monoisotopic (exact) mass is 411 g/mol. The number of ether oxygens (including phenoxy) is 1. The maximum absolute atomic E-state index is 12.4. The SMILES string of the molecule is CC(C)(C)OC(=O)N1CCC[C@H]1CC(=O)NNC(=O)[C@@H]1CC[C@@H]2CN1C(=O)N2O. The zero-order valence-corrected chi connectivity index (χ0v) is 17.0. The second kappa shape index (κ2) is 8.05. The summed E-state index contributed by atoms with van der Waals surface area (Å²) in [6.45, 7) is 6.16. The van der Waals surface area contributed by atoms with Gasteiger partial charge in [-0.3, -0.25) is 25.6 Å². The number of hydrazine groups is 1. The summed E-state index contributed by atoms with van der Waals surface area (Å²) in [4.78, 5) is 51.8. The van der Waals surface area contributed by atoms with Crippen LogP contribution in [-0.4, -0.2) is 80.8 Å². The lowest BCUT2D eigenvalue weighted by atomic mass is 10.0. The highest BCUT2D eigenvalue weighted by Crippen LogP contribution is 2.28. The van der Waals surface area contributed by atoms with Gasteiger partial charge in [0.15, 0.2) is 0 Å². The Labute approximate surface area is 169 Å². The van der Waals surface area contributed by atoms with Crippen LogP contribution in [0, 0.1) is 0 Å². The summed E-state index contributed by atoms with van der Waals surface area (Å²) in [5, 5.41) is 10.3. The minimum absolute atomic E-state index is 0.0410. The summed E-state index contributed by atoms with van der Waals surface area (Å²) in [6, 6.07) is -1.92. The van der Waals surface area contributed by atoms with Crippen molar-refractivity contribution in [3.05, 3.63) is 0 Å². The van der Waals surface area contributed by atoms with Crippen molar-refractivity contribution < 1.29 is 29.1 Å². The number of hydroxylamine groups is 2. The highest BCUT2D eigenvalue weighted by Gasteiger charge is 2.46. The first-order chi connectivity index (χ1) is 13.6. The zero-order chi connectivity index (χ0) is 21.3. The summed E-state index contributed by atoms with van der Waals surface area (Å²) < 4.78 is 5.38. The molecule has 0 aromatic carbocycles. The average Bonchev–Trinajstić information content (AvgIpc) is 3.18. The number of carbonyl (C=O) groups is 4. The summed E-state index contributed by atoms with van der Waals surface area (Å²) >= 11 is 0. The van der Waals surface area contributed by atoms with Gasteiger partial charge in [-0.1, -0.05) is 0 Å². The van der Waals surface area contributed by atoms with Crippen LogP contribution in [0.4, 0.5) is 9.59 Å². The van der Waals surface area contributed by atoms with E-state index in [0.29, 0.717) is 30.9 Å². The number of nitrogens with one attached hydrogen (secondary N) is 2. The fourth-order valence-corrected chi connectivity index (χ4v) is 4.01. The molecule has 3 rings (SSSR count). The van der Waals surface area contributed by atoms with Gasteiger partial charge in [-0.15, -0.1) is 0 Å². The molecule has 0 saturated carbocycles. The van der Waals surface area contributed by atoms with Gasteiger partial charge in [0, 0.05) is 25.6 Å². The van der Waals surface area contributed by atoms with E-state index in [1.807, 2.05) is 0 Å². The number of piperidine rings is 1. The van der Waals surface area contributed by atoms with Crippen LogP contribution in [0.1, 0.15) is 52.9 Å². The molecule has 0 aliphatic carbocycles. The lowest BCUT2D eigenvalue weighted by Crippen LogP contribution is -2.54. The third kappa shape index (κ3) is 4.72. The van der Waals surface area contributed by atoms with Gasteiger partial charge < -0.3 is 14.5 Å². The molecule has 29 heavy (non-hydrogen) atoms. The second-order valence-electron chi connectivity index (χ2n) is 8.74. The quantitative estimate of drug-likeness (QED) is 0.460. The minimum atomic E-state index is -0.735. The van der Waals surface area contributed by atoms with Crippen LogP contribution >= 0.6 is 0 Å². The number of likely N-dealkylation sites (tertiary alicyclic amines) is 1. The van der Waals surface area contributed by atoms with Crippen LogP contribution in [0.2, 0.25) is 0 Å². The number of hydrogen-bond donors (Lipinski definition) is 3. The Balaban J connectivity index is 1.48. The Morgan fingerprint density at radius 1 is 1.17 bits per heavy atom. The molecule has 0 radical (unpaired) electrons. The van der Waals surface area contributed by atoms with Gasteiger partial charge in [0.1, 0.15) is 11.6 Å². The van der Waals surface area contributed by atoms with E-state index in [1.165, 1.54) is 4.90 Å². The molecule has 0 spiro atoms. The average molecular weight is 411 g/mol. The van der Waals surface area contributed by atoms with Crippen LogP contribution in [-0.2, 0) is 14.3 Å². The van der Waals surface area contributed by atoms with Crippen molar-refractivity contribution >= 4 is 23.9 Å². The van der Waals surface area contributed by atoms with Crippen molar-refractivity contribution in [2.45, 2.75) is 76.6 Å². The molecule has 5 amide bonds. The van der Waals surface area contributed by atoms with E-state index >= 15 is 0 Å². The van der Waals surface area contributed by atoms with Crippen LogP contribution in [0.5, 0.6) is 0 Å². The first-order valence-corrected chi connectivity index (χ1v) is 9.94. The number of amides is 5. The van der Waals surface area contributed by atoms with Crippen molar-refractivity contribution in [3.63, 3.8) is 0 Å². The van der Waals surface area contributed by atoms with Gasteiger partial charge in [0.2, 0.25) is 5.91 Å².